The molecule has 0 saturated carbocycles. The van der Waals surface area contributed by atoms with Crippen molar-refractivity contribution in [2.24, 2.45) is 7.05 Å². The molecule has 0 aliphatic rings. The molecule has 2 aromatic heterocycles. The summed E-state index contributed by atoms with van der Waals surface area (Å²) in [5.74, 6) is 0.704. The Balaban J connectivity index is 1.62. The second kappa shape index (κ2) is 8.41. The first-order chi connectivity index (χ1) is 13.7. The third-order valence-electron chi connectivity index (χ3n) is 4.18. The molecule has 28 heavy (non-hydrogen) atoms. The number of rotatable bonds is 6. The molecule has 0 aliphatic heterocycles. The maximum atomic E-state index is 13.1. The summed E-state index contributed by atoms with van der Waals surface area (Å²) in [7, 11) is 1.93. The van der Waals surface area contributed by atoms with Crippen LogP contribution in [-0.4, -0.2) is 20.7 Å². The number of aromatic nitrogens is 3. The van der Waals surface area contributed by atoms with Gasteiger partial charge in [0.15, 0.2) is 11.0 Å². The first-order valence-corrected chi connectivity index (χ1v) is 10.5. The molecule has 1 unspecified atom stereocenters. The summed E-state index contributed by atoms with van der Waals surface area (Å²) in [5, 5.41) is 13.9. The predicted molar refractivity (Wildman–Crippen MR) is 114 cm³/mol. The number of benzene rings is 2. The summed E-state index contributed by atoms with van der Waals surface area (Å²) >= 11 is 3.01. The predicted octanol–water partition coefficient (Wildman–Crippen LogP) is 5.02. The van der Waals surface area contributed by atoms with Crippen LogP contribution in [0.25, 0.3) is 10.7 Å². The molecule has 0 spiro atoms. The maximum Gasteiger partial charge on any atom is 0.242 e. The first-order valence-electron chi connectivity index (χ1n) is 8.73. The van der Waals surface area contributed by atoms with Gasteiger partial charge in [-0.25, -0.2) is 0 Å². The van der Waals surface area contributed by atoms with E-state index < -0.39 is 5.25 Å². The Hall–Kier alpha value is -2.90. The van der Waals surface area contributed by atoms with Gasteiger partial charge in [-0.1, -0.05) is 66.4 Å². The number of hydrogen-bond donors (Lipinski definition) is 1. The Bertz CT molecular complexity index is 1050. The topological polar surface area (TPSA) is 59.8 Å². The van der Waals surface area contributed by atoms with E-state index in [9.17, 15) is 4.79 Å². The van der Waals surface area contributed by atoms with Gasteiger partial charge in [-0.2, -0.15) is 0 Å². The van der Waals surface area contributed by atoms with Gasteiger partial charge in [0.2, 0.25) is 5.91 Å². The number of para-hydroxylation sites is 1. The standard InChI is InChI=1S/C21H18N4OS2/c1-25-19(17-13-8-14-27-17)23-24-21(25)28-18(15-9-4-2-5-10-15)20(26)22-16-11-6-3-7-12-16/h2-14,18H,1H3,(H,22,26). The highest BCUT2D eigenvalue weighted by atomic mass is 32.2. The van der Waals surface area contributed by atoms with Crippen molar-refractivity contribution >= 4 is 34.7 Å². The minimum atomic E-state index is -0.444. The molecule has 0 radical (unpaired) electrons. The van der Waals surface area contributed by atoms with E-state index >= 15 is 0 Å². The molecule has 4 rings (SSSR count). The van der Waals surface area contributed by atoms with Crippen LogP contribution >= 0.6 is 23.1 Å². The fraction of sp³-hybridized carbons (Fsp3) is 0.0952. The SMILES string of the molecule is Cn1c(SC(C(=O)Nc2ccccc2)c2ccccc2)nnc1-c1cccs1. The monoisotopic (exact) mass is 406 g/mol. The van der Waals surface area contributed by atoms with Gasteiger partial charge in [-0.05, 0) is 29.1 Å². The van der Waals surface area contributed by atoms with Gasteiger partial charge in [0.25, 0.3) is 0 Å². The highest BCUT2D eigenvalue weighted by molar-refractivity contribution is 8.00. The third kappa shape index (κ3) is 4.00. The fourth-order valence-corrected chi connectivity index (χ4v) is 4.52. The highest BCUT2D eigenvalue weighted by Crippen LogP contribution is 2.36. The Kier molecular flexibility index (Phi) is 5.55. The molecule has 7 heteroatoms. The molecular formula is C21H18N4OS2. The molecule has 1 amide bonds. The lowest BCUT2D eigenvalue weighted by molar-refractivity contribution is -0.115. The van der Waals surface area contributed by atoms with Crippen LogP contribution in [0.2, 0.25) is 0 Å². The van der Waals surface area contributed by atoms with E-state index in [1.54, 1.807) is 11.3 Å². The molecule has 5 nitrogen and oxygen atoms in total. The molecule has 1 N–H and O–H groups in total. The Morgan fingerprint density at radius 3 is 2.39 bits per heavy atom. The summed E-state index contributed by atoms with van der Waals surface area (Å²) in [5.41, 5.74) is 1.69. The van der Waals surface area contributed by atoms with E-state index in [1.165, 1.54) is 11.8 Å². The van der Waals surface area contributed by atoms with Crippen molar-refractivity contribution in [3.05, 3.63) is 83.7 Å². The van der Waals surface area contributed by atoms with E-state index in [4.69, 9.17) is 0 Å². The fourth-order valence-electron chi connectivity index (χ4n) is 2.77. The normalized spacial score (nSPS) is 11.9. The van der Waals surface area contributed by atoms with Gasteiger partial charge in [-0.15, -0.1) is 21.5 Å². The van der Waals surface area contributed by atoms with Crippen molar-refractivity contribution in [2.75, 3.05) is 5.32 Å². The summed E-state index contributed by atoms with van der Waals surface area (Å²) in [6, 6.07) is 23.2. The van der Waals surface area contributed by atoms with Crippen LogP contribution in [0.3, 0.4) is 0 Å². The van der Waals surface area contributed by atoms with Crippen LogP contribution < -0.4 is 5.32 Å². The van der Waals surface area contributed by atoms with Crippen LogP contribution in [0.5, 0.6) is 0 Å². The lowest BCUT2D eigenvalue weighted by atomic mass is 10.1. The molecule has 0 aliphatic carbocycles. The number of amides is 1. The molecule has 2 aromatic carbocycles. The zero-order chi connectivity index (χ0) is 19.3. The smallest absolute Gasteiger partial charge is 0.242 e. The third-order valence-corrected chi connectivity index (χ3v) is 6.34. The molecular weight excluding hydrogens is 388 g/mol. The van der Waals surface area contributed by atoms with Crippen LogP contribution in [0.4, 0.5) is 5.69 Å². The quantitative estimate of drug-likeness (QED) is 0.457. The average Bonchev–Trinajstić information content (AvgIpc) is 3.37. The molecule has 0 fully saturated rings. The second-order valence-electron chi connectivity index (χ2n) is 6.11. The number of nitrogens with zero attached hydrogens (tertiary/aromatic N) is 3. The van der Waals surface area contributed by atoms with Gasteiger partial charge in [0.1, 0.15) is 5.25 Å². The summed E-state index contributed by atoms with van der Waals surface area (Å²) in [4.78, 5) is 14.1. The molecule has 2 heterocycles. The van der Waals surface area contributed by atoms with Gasteiger partial charge < -0.3 is 9.88 Å². The first kappa shape index (κ1) is 18.5. The lowest BCUT2D eigenvalue weighted by Crippen LogP contribution is -2.19. The molecule has 1 atom stereocenters. The zero-order valence-corrected chi connectivity index (χ0v) is 16.8. The Morgan fingerprint density at radius 2 is 1.71 bits per heavy atom. The number of thioether (sulfide) groups is 1. The summed E-state index contributed by atoms with van der Waals surface area (Å²) in [6.45, 7) is 0. The van der Waals surface area contributed by atoms with E-state index in [0.717, 1.165) is 22.0 Å². The highest BCUT2D eigenvalue weighted by Gasteiger charge is 2.25. The lowest BCUT2D eigenvalue weighted by Gasteiger charge is -2.16. The number of hydrogen-bond acceptors (Lipinski definition) is 5. The zero-order valence-electron chi connectivity index (χ0n) is 15.1. The summed E-state index contributed by atoms with van der Waals surface area (Å²) < 4.78 is 1.93. The summed E-state index contributed by atoms with van der Waals surface area (Å²) in [6.07, 6.45) is 0. The van der Waals surface area contributed by atoms with Crippen molar-refractivity contribution in [3.63, 3.8) is 0 Å². The Morgan fingerprint density at radius 1 is 1.00 bits per heavy atom. The van der Waals surface area contributed by atoms with Crippen molar-refractivity contribution in [1.82, 2.24) is 14.8 Å². The van der Waals surface area contributed by atoms with Crippen LogP contribution in [0, 0.1) is 0 Å². The van der Waals surface area contributed by atoms with Gasteiger partial charge >= 0.3 is 0 Å². The second-order valence-corrected chi connectivity index (χ2v) is 8.13. The molecule has 140 valence electrons. The van der Waals surface area contributed by atoms with Gasteiger partial charge in [0.05, 0.1) is 4.88 Å². The van der Waals surface area contributed by atoms with Crippen LogP contribution in [0.15, 0.2) is 83.3 Å². The van der Waals surface area contributed by atoms with Gasteiger partial charge in [0, 0.05) is 12.7 Å². The largest absolute Gasteiger partial charge is 0.325 e. The Labute approximate surface area is 171 Å². The van der Waals surface area contributed by atoms with Crippen molar-refractivity contribution < 1.29 is 4.79 Å². The van der Waals surface area contributed by atoms with Crippen molar-refractivity contribution in [2.45, 2.75) is 10.4 Å². The molecule has 0 bridgehead atoms. The van der Waals surface area contributed by atoms with Gasteiger partial charge in [-0.3, -0.25) is 4.79 Å². The van der Waals surface area contributed by atoms with Crippen molar-refractivity contribution in [3.8, 4) is 10.7 Å². The van der Waals surface area contributed by atoms with E-state index in [-0.39, 0.29) is 5.91 Å². The minimum Gasteiger partial charge on any atom is -0.325 e. The number of carbonyl (C=O) groups is 1. The van der Waals surface area contributed by atoms with Crippen LogP contribution in [0.1, 0.15) is 10.8 Å². The van der Waals surface area contributed by atoms with E-state index in [2.05, 4.69) is 15.5 Å². The maximum absolute atomic E-state index is 13.1. The van der Waals surface area contributed by atoms with Crippen molar-refractivity contribution in [1.29, 1.82) is 0 Å². The van der Waals surface area contributed by atoms with E-state index in [1.807, 2.05) is 89.8 Å². The molecule has 4 aromatic rings. The number of thiophene rings is 1. The van der Waals surface area contributed by atoms with Crippen LogP contribution in [-0.2, 0) is 11.8 Å². The number of nitrogens with one attached hydrogen (secondary N) is 1. The number of anilines is 1. The average molecular weight is 407 g/mol. The van der Waals surface area contributed by atoms with E-state index in [0.29, 0.717) is 5.16 Å². The molecule has 0 saturated heterocycles. The number of carbonyl (C=O) groups excluding carboxylic acids is 1. The minimum absolute atomic E-state index is 0.0944.